The van der Waals surface area contributed by atoms with Crippen LogP contribution in [0.2, 0.25) is 0 Å². The van der Waals surface area contributed by atoms with Crippen molar-refractivity contribution in [2.45, 2.75) is 63.7 Å². The zero-order valence-corrected chi connectivity index (χ0v) is 37.8. The minimum absolute atomic E-state index is 0.142. The van der Waals surface area contributed by atoms with Crippen molar-refractivity contribution in [2.75, 3.05) is 27.3 Å². The van der Waals surface area contributed by atoms with Crippen molar-refractivity contribution >= 4 is 24.0 Å². The molecule has 2 aliphatic rings. The van der Waals surface area contributed by atoms with Gasteiger partial charge in [0.25, 0.3) is 5.91 Å². The van der Waals surface area contributed by atoms with E-state index in [4.69, 9.17) is 14.5 Å². The van der Waals surface area contributed by atoms with Crippen molar-refractivity contribution in [2.24, 2.45) is 5.92 Å². The standard InChI is InChI=1S/C53H52N8O6/c1-34(2)46(58-52(64)66-3)50(62)60-29-14-22-45(60)49-55-33-43(57-49)40-28-27-37(42(31-40)38-25-23-36(24-26-38)35-15-7-5-8-16-35)17-11-12-20-41-32-54-48(56-41)44-21-13-30-61(44)51(63)47(59-53(65)67-4)39-18-9-6-10-19-39/h5-10,15-16,18-19,23-28,31-34,44-47H,13-14,21-22,29-30H2,1-4H3,(H,54,56)(H,55,57)(H,58,64)(H,59,65)/t44-,45-,46-,47+/m0/s1. The van der Waals surface area contributed by atoms with Crippen LogP contribution in [0.5, 0.6) is 0 Å². The highest BCUT2D eigenvalue weighted by Gasteiger charge is 2.39. The summed E-state index contributed by atoms with van der Waals surface area (Å²) in [5, 5.41) is 5.41. The number of likely N-dealkylation sites (tertiary alicyclic amines) is 2. The largest absolute Gasteiger partial charge is 0.453 e. The number of amides is 4. The van der Waals surface area contributed by atoms with Gasteiger partial charge in [0.15, 0.2) is 0 Å². The Morgan fingerprint density at radius 1 is 0.657 bits per heavy atom. The number of nitrogens with zero attached hydrogens (tertiary/aromatic N) is 4. The van der Waals surface area contributed by atoms with Crippen LogP contribution in [0.15, 0.2) is 116 Å². The van der Waals surface area contributed by atoms with Crippen molar-refractivity contribution in [3.63, 3.8) is 0 Å². The molecule has 4 aromatic carbocycles. The predicted molar refractivity (Wildman–Crippen MR) is 254 cm³/mol. The van der Waals surface area contributed by atoms with Crippen LogP contribution < -0.4 is 10.6 Å². The first-order valence-electron chi connectivity index (χ1n) is 22.4. The number of nitrogens with one attached hydrogen (secondary N) is 4. The van der Waals surface area contributed by atoms with Crippen molar-refractivity contribution in [1.82, 2.24) is 40.4 Å². The monoisotopic (exact) mass is 896 g/mol. The molecule has 2 aromatic heterocycles. The molecule has 6 aromatic rings. The highest BCUT2D eigenvalue weighted by Crippen LogP contribution is 2.36. The number of hydrogen-bond acceptors (Lipinski definition) is 8. The van der Waals surface area contributed by atoms with Gasteiger partial charge in [0.2, 0.25) is 5.91 Å². The molecular weight excluding hydrogens is 845 g/mol. The average Bonchev–Trinajstić information content (AvgIpc) is 4.22. The zero-order chi connectivity index (χ0) is 46.9. The summed E-state index contributed by atoms with van der Waals surface area (Å²) in [6.07, 6.45) is 5.11. The molecule has 4 amide bonds. The Morgan fingerprint density at radius 2 is 1.22 bits per heavy atom. The number of benzene rings is 4. The van der Waals surface area contributed by atoms with Crippen molar-refractivity contribution < 1.29 is 28.7 Å². The summed E-state index contributed by atoms with van der Waals surface area (Å²) >= 11 is 0. The molecule has 2 fully saturated rings. The lowest BCUT2D eigenvalue weighted by molar-refractivity contribution is -0.135. The Balaban J connectivity index is 1.04. The first-order chi connectivity index (χ1) is 32.6. The summed E-state index contributed by atoms with van der Waals surface area (Å²) in [7, 11) is 2.55. The highest BCUT2D eigenvalue weighted by molar-refractivity contribution is 5.88. The smallest absolute Gasteiger partial charge is 0.407 e. The molecule has 4 N–H and O–H groups in total. The van der Waals surface area contributed by atoms with Gasteiger partial charge in [0, 0.05) is 24.2 Å². The van der Waals surface area contributed by atoms with Crippen LogP contribution in [-0.4, -0.2) is 87.1 Å². The lowest BCUT2D eigenvalue weighted by Gasteiger charge is -2.30. The third-order valence-electron chi connectivity index (χ3n) is 12.2. The minimum atomic E-state index is -0.918. The van der Waals surface area contributed by atoms with E-state index in [-0.39, 0.29) is 29.8 Å². The van der Waals surface area contributed by atoms with E-state index in [1.807, 2.05) is 62.4 Å². The number of aromatic nitrogens is 4. The summed E-state index contributed by atoms with van der Waals surface area (Å²) < 4.78 is 9.63. The first kappa shape index (κ1) is 45.5. The number of carbonyl (C=O) groups excluding carboxylic acids is 4. The third kappa shape index (κ3) is 10.4. The summed E-state index contributed by atoms with van der Waals surface area (Å²) in [5.74, 6) is 13.1. The molecule has 2 aliphatic heterocycles. The fraction of sp³-hybridized carbons (Fsp3) is 0.283. The summed E-state index contributed by atoms with van der Waals surface area (Å²) in [6, 6.07) is 31.5. The highest BCUT2D eigenvalue weighted by atomic mass is 16.5. The van der Waals surface area contributed by atoms with Crippen molar-refractivity contribution in [3.05, 3.63) is 144 Å². The molecule has 4 heterocycles. The van der Waals surface area contributed by atoms with Gasteiger partial charge in [-0.05, 0) is 89.3 Å². The van der Waals surface area contributed by atoms with E-state index in [1.54, 1.807) is 34.3 Å². The molecule has 0 spiro atoms. The van der Waals surface area contributed by atoms with Gasteiger partial charge in [-0.2, -0.15) is 0 Å². The predicted octanol–water partition coefficient (Wildman–Crippen LogP) is 8.34. The van der Waals surface area contributed by atoms with Gasteiger partial charge in [-0.25, -0.2) is 19.6 Å². The van der Waals surface area contributed by atoms with Gasteiger partial charge in [-0.1, -0.05) is 111 Å². The van der Waals surface area contributed by atoms with Crippen LogP contribution >= 0.6 is 0 Å². The molecule has 67 heavy (non-hydrogen) atoms. The van der Waals surface area contributed by atoms with E-state index in [2.05, 4.69) is 91.7 Å². The van der Waals surface area contributed by atoms with Gasteiger partial charge in [0.1, 0.15) is 29.4 Å². The Bertz CT molecular complexity index is 2850. The molecule has 2 saturated heterocycles. The van der Waals surface area contributed by atoms with E-state index in [1.165, 1.54) is 14.2 Å². The second-order valence-electron chi connectivity index (χ2n) is 16.8. The molecule has 14 nitrogen and oxygen atoms in total. The zero-order valence-electron chi connectivity index (χ0n) is 37.8. The number of alkyl carbamates (subject to hydrolysis) is 2. The molecule has 0 bridgehead atoms. The molecule has 14 heteroatoms. The van der Waals surface area contributed by atoms with Crippen LogP contribution in [0, 0.1) is 29.6 Å². The maximum Gasteiger partial charge on any atom is 0.407 e. The van der Waals surface area contributed by atoms with E-state index < -0.39 is 24.3 Å². The van der Waals surface area contributed by atoms with Crippen LogP contribution in [-0.2, 0) is 19.1 Å². The average molecular weight is 897 g/mol. The number of H-pyrrole nitrogens is 2. The second-order valence-corrected chi connectivity index (χ2v) is 16.8. The maximum atomic E-state index is 13.9. The van der Waals surface area contributed by atoms with Gasteiger partial charge < -0.3 is 39.9 Å². The number of rotatable bonds is 11. The molecule has 4 atom stereocenters. The topological polar surface area (TPSA) is 175 Å². The normalized spacial score (nSPS) is 16.3. The number of imidazole rings is 2. The second kappa shape index (κ2) is 20.8. The Labute approximate surface area is 389 Å². The summed E-state index contributed by atoms with van der Waals surface area (Å²) in [6.45, 7) is 4.85. The Morgan fingerprint density at radius 3 is 1.90 bits per heavy atom. The van der Waals surface area contributed by atoms with Crippen LogP contribution in [0.3, 0.4) is 0 Å². The fourth-order valence-corrected chi connectivity index (χ4v) is 8.74. The lowest BCUT2D eigenvalue weighted by Crippen LogP contribution is -2.51. The molecule has 0 radical (unpaired) electrons. The van der Waals surface area contributed by atoms with Crippen LogP contribution in [0.4, 0.5) is 9.59 Å². The van der Waals surface area contributed by atoms with E-state index in [0.717, 1.165) is 58.3 Å². The number of aromatic amines is 2. The van der Waals surface area contributed by atoms with E-state index in [0.29, 0.717) is 42.4 Å². The van der Waals surface area contributed by atoms with Crippen molar-refractivity contribution in [1.29, 1.82) is 0 Å². The minimum Gasteiger partial charge on any atom is -0.453 e. The van der Waals surface area contributed by atoms with E-state index in [9.17, 15) is 19.2 Å². The third-order valence-corrected chi connectivity index (χ3v) is 12.2. The molecule has 8 rings (SSSR count). The quantitative estimate of drug-likeness (QED) is 0.0940. The number of methoxy groups -OCH3 is 2. The number of ether oxygens (including phenoxy) is 2. The van der Waals surface area contributed by atoms with Crippen LogP contribution in [0.1, 0.15) is 86.1 Å². The Kier molecular flexibility index (Phi) is 14.1. The molecule has 0 aliphatic carbocycles. The molecule has 0 saturated carbocycles. The van der Waals surface area contributed by atoms with Gasteiger partial charge in [-0.15, -0.1) is 0 Å². The Hall–Kier alpha value is -8.10. The number of carbonyl (C=O) groups is 4. The lowest BCUT2D eigenvalue weighted by atomic mass is 9.95. The molecular formula is C53H52N8O6. The maximum absolute atomic E-state index is 13.9. The summed E-state index contributed by atoms with van der Waals surface area (Å²) in [4.78, 5) is 71.8. The molecule has 0 unspecified atom stereocenters. The van der Waals surface area contributed by atoms with Gasteiger partial charge >= 0.3 is 12.2 Å². The fourth-order valence-electron chi connectivity index (χ4n) is 8.74. The summed E-state index contributed by atoms with van der Waals surface area (Å²) in [5.41, 5.74) is 7.73. The van der Waals surface area contributed by atoms with Gasteiger partial charge in [0.05, 0.1) is 44.4 Å². The molecule has 340 valence electrons. The SMILES string of the molecule is COC(=O)N[C@H](C(=O)N1CCC[C@H]1c1ncc(-c2ccc(C#CC#Cc3cnc([C@@H]4CCCN4C(=O)[C@H](NC(=O)OC)c4ccccc4)[nH]3)c(-c3ccc(-c4ccccc4)cc3)c2)[nH]1)C(C)C. The van der Waals surface area contributed by atoms with E-state index >= 15 is 0 Å². The van der Waals surface area contributed by atoms with Gasteiger partial charge in [-0.3, -0.25) is 9.59 Å². The first-order valence-corrected chi connectivity index (χ1v) is 22.4. The van der Waals surface area contributed by atoms with Crippen molar-refractivity contribution in [3.8, 4) is 57.2 Å². The number of hydrogen-bond donors (Lipinski definition) is 4. The van der Waals surface area contributed by atoms with Crippen LogP contribution in [0.25, 0.3) is 33.5 Å².